The number of hydrogen-bond donors (Lipinski definition) is 0. The zero-order chi connectivity index (χ0) is 15.2. The molecule has 2 fully saturated rings. The lowest BCUT2D eigenvalue weighted by atomic mass is 10.2. The number of carbonyl (C=O) groups excluding carboxylic acids is 1. The highest BCUT2D eigenvalue weighted by atomic mass is 16.6. The second-order valence-corrected chi connectivity index (χ2v) is 6.99. The first-order valence-corrected chi connectivity index (χ1v) is 7.52. The predicted octanol–water partition coefficient (Wildman–Crippen LogP) is 2.59. The molecular weight excluding hydrogens is 266 g/mol. The normalized spacial score (nSPS) is 24.6. The van der Waals surface area contributed by atoms with Crippen molar-refractivity contribution in [3.05, 3.63) is 24.0 Å². The largest absolute Gasteiger partial charge is 0.444 e. The quantitative estimate of drug-likeness (QED) is 0.797. The van der Waals surface area contributed by atoms with Crippen LogP contribution in [-0.2, 0) is 4.74 Å². The zero-order valence-electron chi connectivity index (χ0n) is 13.2. The molecule has 2 bridgehead atoms. The van der Waals surface area contributed by atoms with Gasteiger partial charge in [-0.05, 0) is 46.2 Å². The monoisotopic (exact) mass is 289 g/mol. The lowest BCUT2D eigenvalue weighted by Gasteiger charge is -2.36. The molecule has 3 heterocycles. The maximum atomic E-state index is 12.2. The second-order valence-electron chi connectivity index (χ2n) is 6.99. The van der Waals surface area contributed by atoms with Crippen molar-refractivity contribution >= 4 is 11.8 Å². The van der Waals surface area contributed by atoms with Crippen LogP contribution in [0.15, 0.2) is 18.3 Å². The van der Waals surface area contributed by atoms with Gasteiger partial charge in [0.1, 0.15) is 5.60 Å². The predicted molar refractivity (Wildman–Crippen MR) is 81.5 cm³/mol. The highest BCUT2D eigenvalue weighted by Gasteiger charge is 2.46. The molecule has 21 heavy (non-hydrogen) atoms. The van der Waals surface area contributed by atoms with E-state index in [-0.39, 0.29) is 12.1 Å². The van der Waals surface area contributed by atoms with E-state index in [1.807, 2.05) is 44.9 Å². The van der Waals surface area contributed by atoms with E-state index in [4.69, 9.17) is 4.74 Å². The smallest absolute Gasteiger partial charge is 0.410 e. The highest BCUT2D eigenvalue weighted by Crippen LogP contribution is 2.35. The molecule has 0 radical (unpaired) electrons. The Kier molecular flexibility index (Phi) is 3.30. The minimum absolute atomic E-state index is 0.184. The van der Waals surface area contributed by atoms with Crippen molar-refractivity contribution in [1.82, 2.24) is 9.88 Å². The average molecular weight is 289 g/mol. The number of hydrogen-bond acceptors (Lipinski definition) is 4. The van der Waals surface area contributed by atoms with E-state index < -0.39 is 5.60 Å². The average Bonchev–Trinajstić information content (AvgIpc) is 2.97. The molecule has 0 spiro atoms. The van der Waals surface area contributed by atoms with Gasteiger partial charge in [0, 0.05) is 24.8 Å². The summed E-state index contributed by atoms with van der Waals surface area (Å²) in [6, 6.07) is 4.78. The number of aromatic nitrogens is 1. The van der Waals surface area contributed by atoms with Crippen molar-refractivity contribution in [2.45, 2.75) is 51.8 Å². The Balaban J connectivity index is 1.66. The van der Waals surface area contributed by atoms with Gasteiger partial charge in [-0.3, -0.25) is 4.98 Å². The Morgan fingerprint density at radius 3 is 2.57 bits per heavy atom. The first-order chi connectivity index (χ1) is 9.83. The number of amides is 1. The van der Waals surface area contributed by atoms with Crippen molar-refractivity contribution in [3.8, 4) is 0 Å². The molecule has 1 aromatic rings. The van der Waals surface area contributed by atoms with Crippen LogP contribution in [0.3, 0.4) is 0 Å². The summed E-state index contributed by atoms with van der Waals surface area (Å²) in [4.78, 5) is 20.8. The van der Waals surface area contributed by atoms with E-state index >= 15 is 0 Å². The van der Waals surface area contributed by atoms with Gasteiger partial charge in [-0.2, -0.15) is 0 Å². The SMILES string of the molecule is Cc1ccc(N2C[C@@H]3C[C@H]2CN3C(=O)OC(C)(C)C)cn1. The van der Waals surface area contributed by atoms with Crippen molar-refractivity contribution in [2.75, 3.05) is 18.0 Å². The Morgan fingerprint density at radius 2 is 2.05 bits per heavy atom. The number of aryl methyl sites for hydroxylation is 1. The summed E-state index contributed by atoms with van der Waals surface area (Å²) in [5.74, 6) is 0. The Morgan fingerprint density at radius 1 is 1.29 bits per heavy atom. The third-order valence-corrected chi connectivity index (χ3v) is 4.10. The number of fused-ring (bicyclic) bond motifs is 2. The third-order valence-electron chi connectivity index (χ3n) is 4.10. The number of rotatable bonds is 1. The third kappa shape index (κ3) is 2.82. The van der Waals surface area contributed by atoms with Gasteiger partial charge in [-0.1, -0.05) is 0 Å². The minimum atomic E-state index is -0.431. The first-order valence-electron chi connectivity index (χ1n) is 7.52. The van der Waals surface area contributed by atoms with E-state index in [0.29, 0.717) is 6.04 Å². The van der Waals surface area contributed by atoms with Crippen molar-refractivity contribution in [2.24, 2.45) is 0 Å². The van der Waals surface area contributed by atoms with Crippen LogP contribution in [0.25, 0.3) is 0 Å². The van der Waals surface area contributed by atoms with Crippen LogP contribution in [0, 0.1) is 6.92 Å². The van der Waals surface area contributed by atoms with Gasteiger partial charge >= 0.3 is 6.09 Å². The van der Waals surface area contributed by atoms with Gasteiger partial charge in [-0.15, -0.1) is 0 Å². The van der Waals surface area contributed by atoms with Crippen LogP contribution < -0.4 is 4.90 Å². The van der Waals surface area contributed by atoms with E-state index in [9.17, 15) is 4.79 Å². The number of anilines is 1. The molecule has 2 aliphatic heterocycles. The molecule has 5 heteroatoms. The molecule has 0 saturated carbocycles. The van der Waals surface area contributed by atoms with Crippen LogP contribution in [0.1, 0.15) is 32.9 Å². The number of ether oxygens (including phenoxy) is 1. The standard InChI is InChI=1S/C16H23N3O2/c1-11-5-6-12(8-17-11)18-9-14-7-13(18)10-19(14)15(20)21-16(2,3)4/h5-6,8,13-14H,7,9-10H2,1-4H3/t13-,14-/m0/s1. The number of piperazine rings is 1. The molecular formula is C16H23N3O2. The Bertz CT molecular complexity index is 535. The molecule has 0 unspecified atom stereocenters. The second kappa shape index (κ2) is 4.90. The van der Waals surface area contributed by atoms with Gasteiger partial charge in [0.2, 0.25) is 0 Å². The molecule has 1 amide bonds. The summed E-state index contributed by atoms with van der Waals surface area (Å²) in [7, 11) is 0. The molecule has 0 aliphatic carbocycles. The number of nitrogens with zero attached hydrogens (tertiary/aromatic N) is 3. The van der Waals surface area contributed by atoms with Gasteiger partial charge in [0.05, 0.1) is 17.9 Å². The summed E-state index contributed by atoms with van der Waals surface area (Å²) in [6.07, 6.45) is 2.76. The minimum Gasteiger partial charge on any atom is -0.444 e. The van der Waals surface area contributed by atoms with E-state index in [1.54, 1.807) is 0 Å². The number of pyridine rings is 1. The molecule has 114 valence electrons. The van der Waals surface area contributed by atoms with Gasteiger partial charge in [-0.25, -0.2) is 4.79 Å². The Hall–Kier alpha value is -1.78. The van der Waals surface area contributed by atoms with Crippen LogP contribution in [0.4, 0.5) is 10.5 Å². The summed E-state index contributed by atoms with van der Waals surface area (Å²) in [5, 5.41) is 0. The van der Waals surface area contributed by atoms with E-state index in [0.717, 1.165) is 30.9 Å². The molecule has 2 atom stereocenters. The zero-order valence-corrected chi connectivity index (χ0v) is 13.2. The maximum Gasteiger partial charge on any atom is 0.410 e. The highest BCUT2D eigenvalue weighted by molar-refractivity contribution is 5.70. The van der Waals surface area contributed by atoms with Gasteiger partial charge in [0.25, 0.3) is 0 Å². The summed E-state index contributed by atoms with van der Waals surface area (Å²) in [6.45, 7) is 9.32. The first kappa shape index (κ1) is 14.2. The van der Waals surface area contributed by atoms with Gasteiger partial charge < -0.3 is 14.5 Å². The van der Waals surface area contributed by atoms with Crippen molar-refractivity contribution in [1.29, 1.82) is 0 Å². The summed E-state index contributed by atoms with van der Waals surface area (Å²) < 4.78 is 5.49. The molecule has 2 saturated heterocycles. The summed E-state index contributed by atoms with van der Waals surface area (Å²) >= 11 is 0. The molecule has 0 aromatic carbocycles. The number of likely N-dealkylation sites (tertiary alicyclic amines) is 1. The van der Waals surface area contributed by atoms with Crippen molar-refractivity contribution in [3.63, 3.8) is 0 Å². The van der Waals surface area contributed by atoms with Gasteiger partial charge in [0.15, 0.2) is 0 Å². The topological polar surface area (TPSA) is 45.7 Å². The van der Waals surface area contributed by atoms with Crippen LogP contribution in [0.2, 0.25) is 0 Å². The molecule has 1 aromatic heterocycles. The molecule has 5 nitrogen and oxygen atoms in total. The fourth-order valence-electron chi connectivity index (χ4n) is 3.16. The fourth-order valence-corrected chi connectivity index (χ4v) is 3.16. The number of carbonyl (C=O) groups is 1. The molecule has 3 rings (SSSR count). The molecule has 2 aliphatic rings. The van der Waals surface area contributed by atoms with E-state index in [1.165, 1.54) is 0 Å². The van der Waals surface area contributed by atoms with Crippen molar-refractivity contribution < 1.29 is 9.53 Å². The maximum absolute atomic E-state index is 12.2. The van der Waals surface area contributed by atoms with Crippen LogP contribution in [0.5, 0.6) is 0 Å². The lowest BCUT2D eigenvalue weighted by Crippen LogP contribution is -2.50. The summed E-state index contributed by atoms with van der Waals surface area (Å²) in [5.41, 5.74) is 1.75. The molecule has 0 N–H and O–H groups in total. The van der Waals surface area contributed by atoms with Crippen LogP contribution in [-0.4, -0.2) is 46.8 Å². The fraction of sp³-hybridized carbons (Fsp3) is 0.625. The van der Waals surface area contributed by atoms with E-state index in [2.05, 4.69) is 16.0 Å². The van der Waals surface area contributed by atoms with Crippen LogP contribution >= 0.6 is 0 Å². The lowest BCUT2D eigenvalue weighted by molar-refractivity contribution is 0.0215. The Labute approximate surface area is 125 Å².